The number of aliphatic imine (C=N–C) groups is 1. The lowest BCUT2D eigenvalue weighted by Crippen LogP contribution is -2.40. The van der Waals surface area contributed by atoms with Crippen LogP contribution < -0.4 is 10.1 Å². The fourth-order valence-electron chi connectivity index (χ4n) is 3.94. The van der Waals surface area contributed by atoms with E-state index in [4.69, 9.17) is 9.73 Å². The third-order valence-electron chi connectivity index (χ3n) is 5.58. The molecule has 0 bridgehead atoms. The van der Waals surface area contributed by atoms with Crippen molar-refractivity contribution in [1.29, 1.82) is 0 Å². The molecule has 7 heteroatoms. The van der Waals surface area contributed by atoms with E-state index < -0.39 is 0 Å². The van der Waals surface area contributed by atoms with Gasteiger partial charge in [0.1, 0.15) is 12.4 Å². The number of benzene rings is 2. The molecule has 1 saturated heterocycles. The number of nitrogens with zero attached hydrogens (tertiary/aromatic N) is 4. The summed E-state index contributed by atoms with van der Waals surface area (Å²) >= 11 is 0. The second kappa shape index (κ2) is 11.9. The van der Waals surface area contributed by atoms with Crippen molar-refractivity contribution in [3.63, 3.8) is 0 Å². The van der Waals surface area contributed by atoms with Gasteiger partial charge in [-0.1, -0.05) is 42.5 Å². The Bertz CT molecular complexity index is 1000. The normalized spacial score (nSPS) is 16.0. The molecule has 1 N–H and O–H groups in total. The van der Waals surface area contributed by atoms with Crippen molar-refractivity contribution < 1.29 is 4.74 Å². The van der Waals surface area contributed by atoms with Crippen LogP contribution in [0, 0.1) is 0 Å². The molecule has 1 aromatic heterocycles. The Kier molecular flexibility index (Phi) is 8.96. The lowest BCUT2D eigenvalue weighted by atomic mass is 10.0. The zero-order valence-corrected chi connectivity index (χ0v) is 21.1. The van der Waals surface area contributed by atoms with Crippen LogP contribution in [0.4, 0.5) is 0 Å². The van der Waals surface area contributed by atoms with Gasteiger partial charge in [0.05, 0.1) is 12.7 Å². The first-order chi connectivity index (χ1) is 15.2. The Morgan fingerprint density at radius 3 is 2.72 bits per heavy atom. The summed E-state index contributed by atoms with van der Waals surface area (Å²) in [6.45, 7) is 6.14. The highest BCUT2D eigenvalue weighted by molar-refractivity contribution is 14.0. The molecule has 6 nitrogen and oxygen atoms in total. The Labute approximate surface area is 207 Å². The molecule has 1 aliphatic heterocycles. The number of aromatic nitrogens is 2. The second-order valence-electron chi connectivity index (χ2n) is 7.97. The van der Waals surface area contributed by atoms with E-state index in [1.54, 1.807) is 0 Å². The standard InChI is InChI=1S/C25H31N5O.HI/c1-3-26-25(30-13-12-22(18-30)23-16-28-29(2)17-23)27-15-21-10-7-11-24(14-21)31-19-20-8-5-4-6-9-20;/h4-11,14,16-17,22H,3,12-13,15,18-19H2,1-2H3,(H,26,27);1H. The van der Waals surface area contributed by atoms with Gasteiger partial charge in [0, 0.05) is 38.8 Å². The van der Waals surface area contributed by atoms with Gasteiger partial charge in [0.25, 0.3) is 0 Å². The molecule has 1 unspecified atom stereocenters. The summed E-state index contributed by atoms with van der Waals surface area (Å²) in [6.07, 6.45) is 5.23. The van der Waals surface area contributed by atoms with Gasteiger partial charge >= 0.3 is 0 Å². The number of hydrogen-bond donors (Lipinski definition) is 1. The van der Waals surface area contributed by atoms with Crippen molar-refractivity contribution in [3.8, 4) is 5.75 Å². The van der Waals surface area contributed by atoms with Crippen molar-refractivity contribution in [3.05, 3.63) is 83.7 Å². The second-order valence-corrected chi connectivity index (χ2v) is 7.97. The first-order valence-corrected chi connectivity index (χ1v) is 11.0. The smallest absolute Gasteiger partial charge is 0.194 e. The Morgan fingerprint density at radius 1 is 1.16 bits per heavy atom. The Hall–Kier alpha value is -2.55. The number of ether oxygens (including phenoxy) is 1. The predicted molar refractivity (Wildman–Crippen MR) is 140 cm³/mol. The number of nitrogens with one attached hydrogen (secondary N) is 1. The molecule has 0 saturated carbocycles. The highest BCUT2D eigenvalue weighted by atomic mass is 127. The van der Waals surface area contributed by atoms with Crippen LogP contribution in [0.5, 0.6) is 5.75 Å². The Morgan fingerprint density at radius 2 is 1.97 bits per heavy atom. The molecule has 1 fully saturated rings. The van der Waals surface area contributed by atoms with Crippen LogP contribution in [0.2, 0.25) is 0 Å². The molecule has 1 atom stereocenters. The quantitative estimate of drug-likeness (QED) is 0.269. The van der Waals surface area contributed by atoms with Crippen LogP contribution in [0.3, 0.4) is 0 Å². The molecule has 0 spiro atoms. The van der Waals surface area contributed by atoms with E-state index in [1.807, 2.05) is 48.3 Å². The van der Waals surface area contributed by atoms with Crippen LogP contribution >= 0.6 is 24.0 Å². The van der Waals surface area contributed by atoms with E-state index in [1.165, 1.54) is 5.56 Å². The lowest BCUT2D eigenvalue weighted by molar-refractivity contribution is 0.306. The van der Waals surface area contributed by atoms with E-state index >= 15 is 0 Å². The minimum Gasteiger partial charge on any atom is -0.489 e. The van der Waals surface area contributed by atoms with E-state index in [0.717, 1.165) is 48.9 Å². The summed E-state index contributed by atoms with van der Waals surface area (Å²) in [7, 11) is 1.97. The predicted octanol–water partition coefficient (Wildman–Crippen LogP) is 4.57. The largest absolute Gasteiger partial charge is 0.489 e. The molecule has 32 heavy (non-hydrogen) atoms. The van der Waals surface area contributed by atoms with E-state index in [0.29, 0.717) is 19.1 Å². The van der Waals surface area contributed by atoms with Crippen LogP contribution in [-0.2, 0) is 20.2 Å². The maximum absolute atomic E-state index is 5.97. The topological polar surface area (TPSA) is 54.7 Å². The maximum Gasteiger partial charge on any atom is 0.194 e. The summed E-state index contributed by atoms with van der Waals surface area (Å²) in [5, 5.41) is 7.78. The number of aryl methyl sites for hydroxylation is 1. The molecule has 3 aromatic rings. The highest BCUT2D eigenvalue weighted by Crippen LogP contribution is 2.26. The Balaban J connectivity index is 0.00000289. The summed E-state index contributed by atoms with van der Waals surface area (Å²) in [5.41, 5.74) is 3.62. The van der Waals surface area contributed by atoms with Gasteiger partial charge in [-0.2, -0.15) is 5.10 Å². The van der Waals surface area contributed by atoms with Crippen LogP contribution in [-0.4, -0.2) is 40.3 Å². The van der Waals surface area contributed by atoms with Gasteiger partial charge in [-0.25, -0.2) is 4.99 Å². The van der Waals surface area contributed by atoms with Crippen LogP contribution in [0.15, 0.2) is 72.0 Å². The van der Waals surface area contributed by atoms with Gasteiger partial charge in [-0.15, -0.1) is 24.0 Å². The fraction of sp³-hybridized carbons (Fsp3) is 0.360. The summed E-state index contributed by atoms with van der Waals surface area (Å²) < 4.78 is 7.85. The summed E-state index contributed by atoms with van der Waals surface area (Å²) in [4.78, 5) is 7.27. The number of hydrogen-bond acceptors (Lipinski definition) is 3. The number of halogens is 1. The summed E-state index contributed by atoms with van der Waals surface area (Å²) in [5.74, 6) is 2.36. The summed E-state index contributed by atoms with van der Waals surface area (Å²) in [6, 6.07) is 18.4. The monoisotopic (exact) mass is 545 g/mol. The fourth-order valence-corrected chi connectivity index (χ4v) is 3.94. The average molecular weight is 545 g/mol. The van der Waals surface area contributed by atoms with Crippen molar-refractivity contribution >= 4 is 29.9 Å². The van der Waals surface area contributed by atoms with Crippen molar-refractivity contribution in [2.45, 2.75) is 32.4 Å². The zero-order chi connectivity index (χ0) is 21.5. The lowest BCUT2D eigenvalue weighted by Gasteiger charge is -2.21. The number of likely N-dealkylation sites (tertiary alicyclic amines) is 1. The molecule has 1 aliphatic rings. The van der Waals surface area contributed by atoms with E-state index in [-0.39, 0.29) is 24.0 Å². The molecular formula is C25H32IN5O. The van der Waals surface area contributed by atoms with Gasteiger partial charge in [-0.05, 0) is 42.2 Å². The maximum atomic E-state index is 5.97. The molecular weight excluding hydrogens is 513 g/mol. The van der Waals surface area contributed by atoms with Gasteiger partial charge < -0.3 is 15.0 Å². The van der Waals surface area contributed by atoms with Crippen molar-refractivity contribution in [1.82, 2.24) is 20.0 Å². The van der Waals surface area contributed by atoms with E-state index in [2.05, 4.69) is 52.7 Å². The molecule has 2 heterocycles. The third kappa shape index (κ3) is 6.48. The molecule has 2 aromatic carbocycles. The van der Waals surface area contributed by atoms with Crippen molar-refractivity contribution in [2.24, 2.45) is 12.0 Å². The number of rotatable bonds is 7. The third-order valence-corrected chi connectivity index (χ3v) is 5.58. The molecule has 0 aliphatic carbocycles. The van der Waals surface area contributed by atoms with Crippen molar-refractivity contribution in [2.75, 3.05) is 19.6 Å². The minimum atomic E-state index is 0. The first kappa shape index (κ1) is 24.1. The zero-order valence-electron chi connectivity index (χ0n) is 18.8. The highest BCUT2D eigenvalue weighted by Gasteiger charge is 2.26. The molecule has 0 amide bonds. The number of guanidine groups is 1. The van der Waals surface area contributed by atoms with Crippen LogP contribution in [0.1, 0.15) is 36.0 Å². The minimum absolute atomic E-state index is 0. The molecule has 4 rings (SSSR count). The van der Waals surface area contributed by atoms with Gasteiger partial charge in [0.2, 0.25) is 0 Å². The molecule has 170 valence electrons. The SMILES string of the molecule is CCNC(=NCc1cccc(OCc2ccccc2)c1)N1CCC(c2cnn(C)c2)C1.I. The van der Waals surface area contributed by atoms with Gasteiger partial charge in [-0.3, -0.25) is 4.68 Å². The van der Waals surface area contributed by atoms with Crippen LogP contribution in [0.25, 0.3) is 0 Å². The van der Waals surface area contributed by atoms with E-state index in [9.17, 15) is 0 Å². The first-order valence-electron chi connectivity index (χ1n) is 11.0. The molecule has 0 radical (unpaired) electrons. The van der Waals surface area contributed by atoms with Gasteiger partial charge in [0.15, 0.2) is 5.96 Å². The average Bonchev–Trinajstić information content (AvgIpc) is 3.45.